The summed E-state index contributed by atoms with van der Waals surface area (Å²) in [5, 5.41) is 8.15. The molecule has 0 radical (unpaired) electrons. The van der Waals surface area contributed by atoms with Crippen LogP contribution < -0.4 is 5.73 Å². The smallest absolute Gasteiger partial charge is 0.404 e. The van der Waals surface area contributed by atoms with Gasteiger partial charge in [0.2, 0.25) is 0 Å². The van der Waals surface area contributed by atoms with Crippen LogP contribution in [-0.4, -0.2) is 36.5 Å². The fraction of sp³-hybridized carbons (Fsp3) is 0.667. The van der Waals surface area contributed by atoms with Crippen LogP contribution in [0.2, 0.25) is 0 Å². The van der Waals surface area contributed by atoms with Crippen LogP contribution in [0, 0.1) is 0 Å². The van der Waals surface area contributed by atoms with Crippen LogP contribution in [-0.2, 0) is 14.3 Å². The number of primary amides is 1. The van der Waals surface area contributed by atoms with Crippen LogP contribution in [0.3, 0.4) is 0 Å². The quantitative estimate of drug-likeness (QED) is 0.593. The van der Waals surface area contributed by atoms with Gasteiger partial charge in [0.05, 0.1) is 6.61 Å². The van der Waals surface area contributed by atoms with Crippen molar-refractivity contribution in [3.05, 3.63) is 0 Å². The molecule has 0 fully saturated rings. The second-order valence-electron chi connectivity index (χ2n) is 2.16. The van der Waals surface area contributed by atoms with Gasteiger partial charge in [-0.05, 0) is 6.92 Å². The summed E-state index contributed by atoms with van der Waals surface area (Å²) in [6.07, 6.45) is -1.43. The van der Waals surface area contributed by atoms with Gasteiger partial charge >= 0.3 is 12.1 Å². The lowest BCUT2D eigenvalue weighted by Gasteiger charge is -2.09. The third-order valence-electron chi connectivity index (χ3n) is 0.895. The van der Waals surface area contributed by atoms with Gasteiger partial charge in [0.1, 0.15) is 12.7 Å². The van der Waals surface area contributed by atoms with E-state index in [1.165, 1.54) is 0 Å². The minimum atomic E-state index is -1.07. The number of carbonyl (C=O) groups excluding carboxylic acids is 1. The number of ether oxygens (including phenoxy) is 2. The molecule has 3 N–H and O–H groups in total. The molecule has 0 spiro atoms. The zero-order valence-electron chi connectivity index (χ0n) is 6.65. The van der Waals surface area contributed by atoms with Crippen LogP contribution in [0.5, 0.6) is 0 Å². The molecule has 0 saturated heterocycles. The fourth-order valence-electron chi connectivity index (χ4n) is 0.545. The molecule has 0 heterocycles. The molecule has 6 nitrogen and oxygen atoms in total. The van der Waals surface area contributed by atoms with Gasteiger partial charge < -0.3 is 20.3 Å². The number of carbonyl (C=O) groups is 2. The van der Waals surface area contributed by atoms with Crippen molar-refractivity contribution in [2.75, 3.05) is 13.2 Å². The molecule has 0 aromatic carbocycles. The third kappa shape index (κ3) is 6.81. The summed E-state index contributed by atoms with van der Waals surface area (Å²) in [5.41, 5.74) is 4.69. The Bertz CT molecular complexity index is 169. The number of rotatable bonds is 5. The highest BCUT2D eigenvalue weighted by atomic mass is 16.6. The topological polar surface area (TPSA) is 98.8 Å². The largest absolute Gasteiger partial charge is 0.480 e. The van der Waals surface area contributed by atoms with Crippen molar-refractivity contribution in [1.82, 2.24) is 0 Å². The summed E-state index contributed by atoms with van der Waals surface area (Å²) in [7, 11) is 0. The summed E-state index contributed by atoms with van der Waals surface area (Å²) < 4.78 is 9.08. The number of nitrogens with two attached hydrogens (primary N) is 1. The molecular weight excluding hydrogens is 166 g/mol. The van der Waals surface area contributed by atoms with Gasteiger partial charge in [-0.1, -0.05) is 0 Å². The third-order valence-corrected chi connectivity index (χ3v) is 0.895. The first-order chi connectivity index (χ1) is 5.52. The number of hydrogen-bond acceptors (Lipinski definition) is 4. The van der Waals surface area contributed by atoms with Crippen molar-refractivity contribution >= 4 is 12.1 Å². The lowest BCUT2D eigenvalue weighted by atomic mass is 10.4. The molecule has 1 unspecified atom stereocenters. The molecule has 0 aliphatic carbocycles. The Morgan fingerprint density at radius 3 is 2.58 bits per heavy atom. The lowest BCUT2D eigenvalue weighted by molar-refractivity contribution is -0.143. The van der Waals surface area contributed by atoms with Gasteiger partial charge in [-0.15, -0.1) is 0 Å². The Morgan fingerprint density at radius 1 is 1.58 bits per heavy atom. The number of hydrogen-bond donors (Lipinski definition) is 2. The van der Waals surface area contributed by atoms with Crippen molar-refractivity contribution in [2.24, 2.45) is 5.73 Å². The molecule has 12 heavy (non-hydrogen) atoms. The maximum Gasteiger partial charge on any atom is 0.404 e. The summed E-state index contributed by atoms with van der Waals surface area (Å²) in [5.74, 6) is -1.07. The normalized spacial score (nSPS) is 12.1. The van der Waals surface area contributed by atoms with Gasteiger partial charge in [-0.2, -0.15) is 0 Å². The zero-order valence-corrected chi connectivity index (χ0v) is 6.65. The van der Waals surface area contributed by atoms with E-state index in [4.69, 9.17) is 10.8 Å². The number of carboxylic acids is 1. The summed E-state index contributed by atoms with van der Waals surface area (Å²) in [6.45, 7) is 1.16. The molecule has 0 aliphatic rings. The average Bonchev–Trinajstić information content (AvgIpc) is 1.84. The summed E-state index contributed by atoms with van der Waals surface area (Å²) >= 11 is 0. The van der Waals surface area contributed by atoms with E-state index in [1.807, 2.05) is 0 Å². The molecule has 1 amide bonds. The van der Waals surface area contributed by atoms with E-state index < -0.39 is 24.8 Å². The van der Waals surface area contributed by atoms with Crippen LogP contribution in [0.15, 0.2) is 0 Å². The summed E-state index contributed by atoms with van der Waals surface area (Å²) in [4.78, 5) is 20.1. The Balaban J connectivity index is 3.37. The summed E-state index contributed by atoms with van der Waals surface area (Å²) in [6, 6.07) is 0. The highest BCUT2D eigenvalue weighted by Crippen LogP contribution is 1.91. The van der Waals surface area contributed by atoms with E-state index in [-0.39, 0.29) is 6.61 Å². The molecule has 0 aliphatic heterocycles. The molecule has 70 valence electrons. The Hall–Kier alpha value is -1.30. The van der Waals surface area contributed by atoms with E-state index in [9.17, 15) is 9.59 Å². The van der Waals surface area contributed by atoms with Gasteiger partial charge in [-0.3, -0.25) is 0 Å². The standard InChI is InChI=1S/C6H11NO5/c1-4(12-6(7)10)2-11-3-5(8)9/h4H,2-3H2,1H3,(H2,7,10)(H,8,9). The van der Waals surface area contributed by atoms with Gasteiger partial charge in [0, 0.05) is 0 Å². The highest BCUT2D eigenvalue weighted by Gasteiger charge is 2.06. The van der Waals surface area contributed by atoms with E-state index in [0.717, 1.165) is 0 Å². The van der Waals surface area contributed by atoms with E-state index >= 15 is 0 Å². The lowest BCUT2D eigenvalue weighted by Crippen LogP contribution is -2.25. The van der Waals surface area contributed by atoms with Gasteiger partial charge in [-0.25, -0.2) is 9.59 Å². The second-order valence-corrected chi connectivity index (χ2v) is 2.16. The number of aliphatic carboxylic acids is 1. The minimum Gasteiger partial charge on any atom is -0.480 e. The Kier molecular flexibility index (Phi) is 4.78. The second kappa shape index (κ2) is 5.36. The molecule has 0 aromatic heterocycles. The molecule has 6 heteroatoms. The van der Waals surface area contributed by atoms with Crippen LogP contribution in [0.4, 0.5) is 4.79 Å². The van der Waals surface area contributed by atoms with Crippen molar-refractivity contribution in [1.29, 1.82) is 0 Å². The number of amides is 1. The first kappa shape index (κ1) is 10.7. The van der Waals surface area contributed by atoms with E-state index in [1.54, 1.807) is 6.92 Å². The van der Waals surface area contributed by atoms with Crippen molar-refractivity contribution in [3.8, 4) is 0 Å². The zero-order chi connectivity index (χ0) is 9.56. The van der Waals surface area contributed by atoms with Crippen LogP contribution in [0.25, 0.3) is 0 Å². The van der Waals surface area contributed by atoms with Crippen LogP contribution in [0.1, 0.15) is 6.92 Å². The Morgan fingerprint density at radius 2 is 2.17 bits per heavy atom. The maximum atomic E-state index is 10.1. The SMILES string of the molecule is CC(COCC(=O)O)OC(N)=O. The van der Waals surface area contributed by atoms with E-state index in [2.05, 4.69) is 9.47 Å². The predicted molar refractivity (Wildman–Crippen MR) is 38.6 cm³/mol. The van der Waals surface area contributed by atoms with Crippen LogP contribution >= 0.6 is 0 Å². The minimum absolute atomic E-state index is 0.0231. The number of carboxylic acid groups (broad SMARTS) is 1. The predicted octanol–water partition coefficient (Wildman–Crippen LogP) is -0.429. The molecule has 0 aromatic rings. The first-order valence-corrected chi connectivity index (χ1v) is 3.28. The van der Waals surface area contributed by atoms with Gasteiger partial charge in [0.25, 0.3) is 0 Å². The van der Waals surface area contributed by atoms with Crippen molar-refractivity contribution < 1.29 is 24.2 Å². The molecule has 0 saturated carbocycles. The van der Waals surface area contributed by atoms with E-state index in [0.29, 0.717) is 0 Å². The first-order valence-electron chi connectivity index (χ1n) is 3.28. The van der Waals surface area contributed by atoms with Gasteiger partial charge in [0.15, 0.2) is 0 Å². The maximum absolute atomic E-state index is 10.1. The monoisotopic (exact) mass is 177 g/mol. The molecule has 0 bridgehead atoms. The van der Waals surface area contributed by atoms with Crippen molar-refractivity contribution in [3.63, 3.8) is 0 Å². The Labute approximate surface area is 69.2 Å². The molecule has 0 rings (SSSR count). The molecular formula is C6H11NO5. The highest BCUT2D eigenvalue weighted by molar-refractivity contribution is 5.68. The average molecular weight is 177 g/mol. The fourth-order valence-corrected chi connectivity index (χ4v) is 0.545. The molecule has 1 atom stereocenters. The van der Waals surface area contributed by atoms with Crippen molar-refractivity contribution in [2.45, 2.75) is 13.0 Å².